The van der Waals surface area contributed by atoms with Crippen LogP contribution in [-0.2, 0) is 0 Å². The Labute approximate surface area is 154 Å². The molecule has 2 aromatic carbocycles. The van der Waals surface area contributed by atoms with Crippen molar-refractivity contribution in [3.05, 3.63) is 66.4 Å². The number of nitrogens with one attached hydrogen (secondary N) is 2. The summed E-state index contributed by atoms with van der Waals surface area (Å²) in [7, 11) is 0. The molecule has 1 saturated heterocycles. The van der Waals surface area contributed by atoms with Crippen molar-refractivity contribution in [2.45, 2.75) is 18.3 Å². The van der Waals surface area contributed by atoms with E-state index in [1.807, 2.05) is 36.4 Å². The summed E-state index contributed by atoms with van der Waals surface area (Å²) in [6, 6.07) is 16.0. The second-order valence-electron chi connectivity index (χ2n) is 6.51. The van der Waals surface area contributed by atoms with Crippen LogP contribution in [0.5, 0.6) is 5.75 Å². The number of fused-ring (bicyclic) bond motifs is 1. The smallest absolute Gasteiger partial charge is 0.406 e. The standard InChI is InChI=1S/C20H18F3N3O/c21-20(22,23)27-14-5-1-4-13(10-14)16-11-24-12-19(16)26-18-8-2-7-17-15(18)6-3-9-25-17/h1-10,16,19,24,26H,11-12H2/t16-,19+/m0/s1. The molecule has 0 aliphatic carbocycles. The molecule has 27 heavy (non-hydrogen) atoms. The van der Waals surface area contributed by atoms with Crippen LogP contribution in [0.3, 0.4) is 0 Å². The Bertz CT molecular complexity index is 940. The van der Waals surface area contributed by atoms with Crippen molar-refractivity contribution in [1.29, 1.82) is 0 Å². The highest BCUT2D eigenvalue weighted by molar-refractivity contribution is 5.91. The number of hydrogen-bond donors (Lipinski definition) is 2. The van der Waals surface area contributed by atoms with E-state index in [0.717, 1.165) is 22.2 Å². The molecule has 0 unspecified atom stereocenters. The van der Waals surface area contributed by atoms with Gasteiger partial charge in [-0.15, -0.1) is 13.2 Å². The van der Waals surface area contributed by atoms with Crippen LogP contribution in [0.1, 0.15) is 11.5 Å². The Morgan fingerprint density at radius 2 is 1.89 bits per heavy atom. The number of rotatable bonds is 4. The molecule has 0 radical (unpaired) electrons. The lowest BCUT2D eigenvalue weighted by Gasteiger charge is -2.23. The lowest BCUT2D eigenvalue weighted by Crippen LogP contribution is -2.27. The molecule has 2 heterocycles. The maximum atomic E-state index is 12.5. The molecule has 2 N–H and O–H groups in total. The molecule has 4 rings (SSSR count). The largest absolute Gasteiger partial charge is 0.573 e. The summed E-state index contributed by atoms with van der Waals surface area (Å²) in [6.07, 6.45) is -2.95. The van der Waals surface area contributed by atoms with Gasteiger partial charge in [0.15, 0.2) is 0 Å². The van der Waals surface area contributed by atoms with Gasteiger partial charge < -0.3 is 15.4 Å². The molecule has 0 amide bonds. The van der Waals surface area contributed by atoms with Crippen molar-refractivity contribution in [1.82, 2.24) is 10.3 Å². The number of hydrogen-bond acceptors (Lipinski definition) is 4. The predicted octanol–water partition coefficient (Wildman–Crippen LogP) is 4.30. The molecule has 1 aromatic heterocycles. The molecular formula is C20H18F3N3O. The summed E-state index contributed by atoms with van der Waals surface area (Å²) in [5.74, 6) is -0.172. The van der Waals surface area contributed by atoms with Gasteiger partial charge in [0.05, 0.1) is 5.52 Å². The van der Waals surface area contributed by atoms with Crippen molar-refractivity contribution in [3.8, 4) is 5.75 Å². The van der Waals surface area contributed by atoms with Crippen LogP contribution in [0.2, 0.25) is 0 Å². The summed E-state index contributed by atoms with van der Waals surface area (Å²) in [4.78, 5) is 4.36. The van der Waals surface area contributed by atoms with Gasteiger partial charge in [0.1, 0.15) is 5.75 Å². The Morgan fingerprint density at radius 3 is 2.74 bits per heavy atom. The van der Waals surface area contributed by atoms with Crippen LogP contribution in [0, 0.1) is 0 Å². The number of aromatic nitrogens is 1. The highest BCUT2D eigenvalue weighted by atomic mass is 19.4. The Morgan fingerprint density at radius 1 is 1.04 bits per heavy atom. The number of benzene rings is 2. The first-order chi connectivity index (χ1) is 13.0. The average molecular weight is 373 g/mol. The predicted molar refractivity (Wildman–Crippen MR) is 97.9 cm³/mol. The molecule has 0 spiro atoms. The SMILES string of the molecule is FC(F)(F)Oc1cccc([C@@H]2CNC[C@H]2Nc2cccc3ncccc23)c1. The third-order valence-corrected chi connectivity index (χ3v) is 4.72. The van der Waals surface area contributed by atoms with Crippen molar-refractivity contribution in [2.75, 3.05) is 18.4 Å². The van der Waals surface area contributed by atoms with E-state index in [4.69, 9.17) is 0 Å². The second-order valence-corrected chi connectivity index (χ2v) is 6.51. The first kappa shape index (κ1) is 17.6. The zero-order chi connectivity index (χ0) is 18.9. The van der Waals surface area contributed by atoms with Gasteiger partial charge in [-0.1, -0.05) is 18.2 Å². The molecular weight excluding hydrogens is 355 g/mol. The molecule has 0 bridgehead atoms. The fraction of sp³-hybridized carbons (Fsp3) is 0.250. The molecule has 140 valence electrons. The first-order valence-electron chi connectivity index (χ1n) is 8.66. The summed E-state index contributed by atoms with van der Waals surface area (Å²) in [5.41, 5.74) is 2.66. The molecule has 0 saturated carbocycles. The van der Waals surface area contributed by atoms with E-state index in [-0.39, 0.29) is 17.7 Å². The van der Waals surface area contributed by atoms with Gasteiger partial charge in [-0.2, -0.15) is 0 Å². The Kier molecular flexibility index (Phi) is 4.61. The normalized spacial score (nSPS) is 20.0. The number of alkyl halides is 3. The Hall–Kier alpha value is -2.80. The second kappa shape index (κ2) is 7.08. The van der Waals surface area contributed by atoms with Gasteiger partial charge in [-0.3, -0.25) is 4.98 Å². The highest BCUT2D eigenvalue weighted by Gasteiger charge is 2.32. The Balaban J connectivity index is 1.58. The average Bonchev–Trinajstić information content (AvgIpc) is 3.09. The van der Waals surface area contributed by atoms with Crippen molar-refractivity contribution in [3.63, 3.8) is 0 Å². The van der Waals surface area contributed by atoms with Gasteiger partial charge in [-0.05, 0) is 42.0 Å². The monoisotopic (exact) mass is 373 g/mol. The topological polar surface area (TPSA) is 46.2 Å². The lowest BCUT2D eigenvalue weighted by molar-refractivity contribution is -0.274. The molecule has 4 nitrogen and oxygen atoms in total. The maximum Gasteiger partial charge on any atom is 0.573 e. The molecule has 1 fully saturated rings. The van der Waals surface area contributed by atoms with E-state index in [1.54, 1.807) is 12.3 Å². The van der Waals surface area contributed by atoms with Crippen LogP contribution >= 0.6 is 0 Å². The number of anilines is 1. The lowest BCUT2D eigenvalue weighted by atomic mass is 9.93. The minimum absolute atomic E-state index is 0.0220. The fourth-order valence-electron chi connectivity index (χ4n) is 3.55. The van der Waals surface area contributed by atoms with Crippen LogP contribution in [-0.4, -0.2) is 30.5 Å². The third-order valence-electron chi connectivity index (χ3n) is 4.72. The van der Waals surface area contributed by atoms with E-state index in [0.29, 0.717) is 13.1 Å². The minimum Gasteiger partial charge on any atom is -0.406 e. The van der Waals surface area contributed by atoms with Gasteiger partial charge in [0.25, 0.3) is 0 Å². The molecule has 2 atom stereocenters. The van der Waals surface area contributed by atoms with Crippen LogP contribution in [0.25, 0.3) is 10.9 Å². The van der Waals surface area contributed by atoms with E-state index in [9.17, 15) is 13.2 Å². The van der Waals surface area contributed by atoms with Crippen LogP contribution in [0.4, 0.5) is 18.9 Å². The quantitative estimate of drug-likeness (QED) is 0.716. The number of nitrogens with zero attached hydrogens (tertiary/aromatic N) is 1. The summed E-state index contributed by atoms with van der Waals surface area (Å²) < 4.78 is 41.6. The molecule has 1 aliphatic heterocycles. The summed E-state index contributed by atoms with van der Waals surface area (Å²) in [5, 5.41) is 7.86. The fourth-order valence-corrected chi connectivity index (χ4v) is 3.55. The van der Waals surface area contributed by atoms with Gasteiger partial charge in [0, 0.05) is 42.3 Å². The highest BCUT2D eigenvalue weighted by Crippen LogP contribution is 2.31. The summed E-state index contributed by atoms with van der Waals surface area (Å²) >= 11 is 0. The van der Waals surface area contributed by atoms with E-state index < -0.39 is 6.36 Å². The van der Waals surface area contributed by atoms with Crippen molar-refractivity contribution < 1.29 is 17.9 Å². The zero-order valence-electron chi connectivity index (χ0n) is 14.3. The number of halogens is 3. The van der Waals surface area contributed by atoms with E-state index >= 15 is 0 Å². The van der Waals surface area contributed by atoms with E-state index in [2.05, 4.69) is 20.4 Å². The molecule has 3 aromatic rings. The summed E-state index contributed by atoms with van der Waals surface area (Å²) in [6.45, 7) is 1.39. The first-order valence-corrected chi connectivity index (χ1v) is 8.66. The van der Waals surface area contributed by atoms with Crippen molar-refractivity contribution in [2.24, 2.45) is 0 Å². The maximum absolute atomic E-state index is 12.5. The van der Waals surface area contributed by atoms with Crippen molar-refractivity contribution >= 4 is 16.6 Å². The van der Waals surface area contributed by atoms with Crippen LogP contribution < -0.4 is 15.4 Å². The zero-order valence-corrected chi connectivity index (χ0v) is 14.3. The van der Waals surface area contributed by atoms with Crippen LogP contribution in [0.15, 0.2) is 60.8 Å². The minimum atomic E-state index is -4.69. The van der Waals surface area contributed by atoms with E-state index in [1.165, 1.54) is 12.1 Å². The number of ether oxygens (including phenoxy) is 1. The van der Waals surface area contributed by atoms with Gasteiger partial charge in [0.2, 0.25) is 0 Å². The molecule has 7 heteroatoms. The number of pyridine rings is 1. The molecule has 1 aliphatic rings. The third kappa shape index (κ3) is 3.98. The van der Waals surface area contributed by atoms with Gasteiger partial charge in [-0.25, -0.2) is 0 Å². The van der Waals surface area contributed by atoms with Gasteiger partial charge >= 0.3 is 6.36 Å².